The van der Waals surface area contributed by atoms with E-state index in [9.17, 15) is 8.42 Å². The first-order chi connectivity index (χ1) is 11.6. The summed E-state index contributed by atoms with van der Waals surface area (Å²) in [7, 11) is -3.73. The predicted octanol–water partition coefficient (Wildman–Crippen LogP) is 4.46. The van der Waals surface area contributed by atoms with Crippen LogP contribution in [-0.4, -0.2) is 26.7 Å². The van der Waals surface area contributed by atoms with Gasteiger partial charge in [0.05, 0.1) is 17.1 Å². The molecule has 1 heterocycles. The highest BCUT2D eigenvalue weighted by Crippen LogP contribution is 2.47. The summed E-state index contributed by atoms with van der Waals surface area (Å²) >= 11 is 0. The smallest absolute Gasteiger partial charge is 0.297 e. The van der Waals surface area contributed by atoms with E-state index in [0.29, 0.717) is 24.4 Å². The van der Waals surface area contributed by atoms with Crippen molar-refractivity contribution < 1.29 is 17.3 Å². The summed E-state index contributed by atoms with van der Waals surface area (Å²) < 4.78 is 36.5. The quantitative estimate of drug-likeness (QED) is 0.741. The normalized spacial score (nSPS) is 30.7. The molecule has 1 aliphatic heterocycles. The van der Waals surface area contributed by atoms with Crippen LogP contribution in [0.4, 0.5) is 0 Å². The van der Waals surface area contributed by atoms with E-state index in [0.717, 1.165) is 31.2 Å². The zero-order valence-corrected chi connectivity index (χ0v) is 16.6. The molecule has 2 aliphatic rings. The second-order valence-corrected chi connectivity index (χ2v) is 10.4. The van der Waals surface area contributed by atoms with Crippen LogP contribution in [-0.2, 0) is 19.0 Å². The van der Waals surface area contributed by atoms with E-state index in [1.54, 1.807) is 24.3 Å². The van der Waals surface area contributed by atoms with Crippen molar-refractivity contribution in [1.82, 2.24) is 0 Å². The molecule has 4 nitrogen and oxygen atoms in total. The van der Waals surface area contributed by atoms with Crippen LogP contribution in [0, 0.1) is 18.3 Å². The first kappa shape index (κ1) is 18.9. The van der Waals surface area contributed by atoms with Crippen molar-refractivity contribution in [2.24, 2.45) is 11.3 Å². The Morgan fingerprint density at radius 1 is 1.12 bits per heavy atom. The van der Waals surface area contributed by atoms with Gasteiger partial charge in [-0.3, -0.25) is 4.18 Å². The standard InChI is InChI=1S/C20H30O4S/c1-15-5-7-18(8-6-15)25(21,22)24-17-13-20(23-14-17)11-9-16(10-12-20)19(2,3)4/h5-8,16-17H,9-14H2,1-4H3. The summed E-state index contributed by atoms with van der Waals surface area (Å²) in [5.74, 6) is 0.706. The predicted molar refractivity (Wildman–Crippen MR) is 98.0 cm³/mol. The van der Waals surface area contributed by atoms with Crippen LogP contribution in [0.15, 0.2) is 29.2 Å². The fourth-order valence-corrected chi connectivity index (χ4v) is 5.22. The third-order valence-corrected chi connectivity index (χ3v) is 7.24. The van der Waals surface area contributed by atoms with Gasteiger partial charge in [-0.15, -0.1) is 0 Å². The second kappa shape index (κ2) is 6.67. The largest absolute Gasteiger partial charge is 0.372 e. The van der Waals surface area contributed by atoms with Crippen LogP contribution in [0.1, 0.15) is 58.4 Å². The van der Waals surface area contributed by atoms with Crippen LogP contribution < -0.4 is 0 Å². The molecule has 1 aromatic carbocycles. The van der Waals surface area contributed by atoms with E-state index >= 15 is 0 Å². The molecule has 0 N–H and O–H groups in total. The Balaban J connectivity index is 1.61. The van der Waals surface area contributed by atoms with Crippen molar-refractivity contribution in [2.45, 2.75) is 76.4 Å². The van der Waals surface area contributed by atoms with Gasteiger partial charge in [-0.1, -0.05) is 38.5 Å². The van der Waals surface area contributed by atoms with Crippen LogP contribution >= 0.6 is 0 Å². The van der Waals surface area contributed by atoms with Crippen molar-refractivity contribution in [1.29, 1.82) is 0 Å². The minimum Gasteiger partial charge on any atom is -0.372 e. The van der Waals surface area contributed by atoms with Gasteiger partial charge in [0, 0.05) is 6.42 Å². The van der Waals surface area contributed by atoms with Gasteiger partial charge in [0.2, 0.25) is 0 Å². The van der Waals surface area contributed by atoms with Gasteiger partial charge < -0.3 is 4.74 Å². The van der Waals surface area contributed by atoms with Crippen molar-refractivity contribution >= 4 is 10.1 Å². The summed E-state index contributed by atoms with van der Waals surface area (Å²) in [6, 6.07) is 6.78. The summed E-state index contributed by atoms with van der Waals surface area (Å²) in [5.41, 5.74) is 1.16. The van der Waals surface area contributed by atoms with Gasteiger partial charge in [0.15, 0.2) is 0 Å². The topological polar surface area (TPSA) is 52.6 Å². The molecule has 1 aromatic rings. The molecule has 0 radical (unpaired) electrons. The number of rotatable bonds is 3. The molecule has 2 fully saturated rings. The highest BCUT2D eigenvalue weighted by Gasteiger charge is 2.46. The Kier molecular flexibility index (Phi) is 5.04. The minimum absolute atomic E-state index is 0.185. The van der Waals surface area contributed by atoms with Crippen LogP contribution in [0.5, 0.6) is 0 Å². The maximum Gasteiger partial charge on any atom is 0.297 e. The van der Waals surface area contributed by atoms with E-state index in [-0.39, 0.29) is 16.6 Å². The van der Waals surface area contributed by atoms with E-state index in [1.807, 2.05) is 6.92 Å². The third kappa shape index (κ3) is 4.26. The SMILES string of the molecule is Cc1ccc(S(=O)(=O)OC2COC3(CCC(C(C)(C)C)CC3)C2)cc1. The molecule has 1 unspecified atom stereocenters. The zero-order chi connectivity index (χ0) is 18.3. The summed E-state index contributed by atoms with van der Waals surface area (Å²) in [5, 5.41) is 0. The Bertz CT molecular complexity index is 692. The van der Waals surface area contributed by atoms with Crippen LogP contribution in [0.25, 0.3) is 0 Å². The number of hydrogen-bond donors (Lipinski definition) is 0. The molecule has 1 aliphatic carbocycles. The monoisotopic (exact) mass is 366 g/mol. The van der Waals surface area contributed by atoms with Crippen molar-refractivity contribution in [2.75, 3.05) is 6.61 Å². The molecule has 1 atom stereocenters. The van der Waals surface area contributed by atoms with Gasteiger partial charge in [0.25, 0.3) is 10.1 Å². The Hall–Kier alpha value is -0.910. The highest BCUT2D eigenvalue weighted by atomic mass is 32.2. The Morgan fingerprint density at radius 3 is 2.28 bits per heavy atom. The lowest BCUT2D eigenvalue weighted by molar-refractivity contribution is -0.0469. The second-order valence-electron chi connectivity index (χ2n) is 8.82. The average molecular weight is 367 g/mol. The maximum absolute atomic E-state index is 12.5. The lowest BCUT2D eigenvalue weighted by Gasteiger charge is -2.41. The van der Waals surface area contributed by atoms with Gasteiger partial charge in [0.1, 0.15) is 6.10 Å². The average Bonchev–Trinajstić information content (AvgIpc) is 2.89. The van der Waals surface area contributed by atoms with Gasteiger partial charge in [-0.2, -0.15) is 8.42 Å². The van der Waals surface area contributed by atoms with E-state index < -0.39 is 10.1 Å². The molecule has 0 aromatic heterocycles. The molecule has 140 valence electrons. The fraction of sp³-hybridized carbons (Fsp3) is 0.700. The van der Waals surface area contributed by atoms with Crippen LogP contribution in [0.3, 0.4) is 0 Å². The number of benzene rings is 1. The van der Waals surface area contributed by atoms with Crippen molar-refractivity contribution in [3.05, 3.63) is 29.8 Å². The Labute approximate surface area is 152 Å². The molecular formula is C20H30O4S. The highest BCUT2D eigenvalue weighted by molar-refractivity contribution is 7.86. The number of ether oxygens (including phenoxy) is 1. The van der Waals surface area contributed by atoms with E-state index in [1.165, 1.54) is 0 Å². The minimum atomic E-state index is -3.73. The number of hydrogen-bond acceptors (Lipinski definition) is 4. The summed E-state index contributed by atoms with van der Waals surface area (Å²) in [4.78, 5) is 0.218. The Morgan fingerprint density at radius 2 is 1.72 bits per heavy atom. The molecule has 1 spiro atoms. The van der Waals surface area contributed by atoms with Crippen LogP contribution in [0.2, 0.25) is 0 Å². The first-order valence-electron chi connectivity index (χ1n) is 9.24. The van der Waals surface area contributed by atoms with Gasteiger partial charge in [-0.05, 0) is 56.1 Å². The fourth-order valence-electron chi connectivity index (χ4n) is 4.16. The third-order valence-electron chi connectivity index (χ3n) is 5.87. The molecule has 1 saturated carbocycles. The first-order valence-corrected chi connectivity index (χ1v) is 10.6. The van der Waals surface area contributed by atoms with Crippen molar-refractivity contribution in [3.63, 3.8) is 0 Å². The zero-order valence-electron chi connectivity index (χ0n) is 15.7. The molecule has 0 amide bonds. The molecule has 5 heteroatoms. The van der Waals surface area contributed by atoms with Gasteiger partial charge in [-0.25, -0.2) is 0 Å². The molecule has 25 heavy (non-hydrogen) atoms. The lowest BCUT2D eigenvalue weighted by Crippen LogP contribution is -2.37. The lowest BCUT2D eigenvalue weighted by atomic mass is 9.68. The number of aryl methyl sites for hydroxylation is 1. The van der Waals surface area contributed by atoms with Gasteiger partial charge >= 0.3 is 0 Å². The van der Waals surface area contributed by atoms with Crippen molar-refractivity contribution in [3.8, 4) is 0 Å². The summed E-state index contributed by atoms with van der Waals surface area (Å²) in [6.07, 6.45) is 4.58. The maximum atomic E-state index is 12.5. The molecule has 1 saturated heterocycles. The molecular weight excluding hydrogens is 336 g/mol. The van der Waals surface area contributed by atoms with E-state index in [2.05, 4.69) is 20.8 Å². The summed E-state index contributed by atoms with van der Waals surface area (Å²) in [6.45, 7) is 9.19. The molecule has 0 bridgehead atoms. The van der Waals surface area contributed by atoms with E-state index in [4.69, 9.17) is 8.92 Å². The molecule has 3 rings (SSSR count).